The normalized spacial score (nSPS) is 18.2. The third-order valence-corrected chi connectivity index (χ3v) is 4.83. The molecule has 0 radical (unpaired) electrons. The minimum absolute atomic E-state index is 0.335. The van der Waals surface area contributed by atoms with Crippen LogP contribution >= 0.6 is 0 Å². The van der Waals surface area contributed by atoms with Crippen LogP contribution in [-0.2, 0) is 6.54 Å². The molecule has 1 atom stereocenters. The average Bonchev–Trinajstić information content (AvgIpc) is 3.04. The Balaban J connectivity index is 1.45. The summed E-state index contributed by atoms with van der Waals surface area (Å²) in [5, 5.41) is 8.44. The Hall–Kier alpha value is -2.67. The van der Waals surface area contributed by atoms with Crippen LogP contribution in [0.3, 0.4) is 0 Å². The van der Waals surface area contributed by atoms with E-state index < -0.39 is 0 Å². The number of piperidine rings is 1. The Bertz CT molecular complexity index is 895. The average molecular weight is 353 g/mol. The SMILES string of the molecule is COc1cccc(CN2CCC[C@H](Nc3ncnc4onc(C)c34)C2)c1. The lowest BCUT2D eigenvalue weighted by Crippen LogP contribution is -2.41. The van der Waals surface area contributed by atoms with Crippen LogP contribution in [0.15, 0.2) is 35.1 Å². The van der Waals surface area contributed by atoms with Gasteiger partial charge in [0.2, 0.25) is 0 Å². The fraction of sp³-hybridized carbons (Fsp3) is 0.421. The minimum atomic E-state index is 0.335. The van der Waals surface area contributed by atoms with Crippen molar-refractivity contribution >= 4 is 16.9 Å². The molecule has 1 aromatic carbocycles. The molecule has 0 aliphatic carbocycles. The summed E-state index contributed by atoms with van der Waals surface area (Å²) in [4.78, 5) is 11.0. The Morgan fingerprint density at radius 2 is 2.27 bits per heavy atom. The maximum Gasteiger partial charge on any atom is 0.263 e. The van der Waals surface area contributed by atoms with Gasteiger partial charge in [-0.2, -0.15) is 4.98 Å². The highest BCUT2D eigenvalue weighted by Crippen LogP contribution is 2.25. The molecular weight excluding hydrogens is 330 g/mol. The number of aryl methyl sites for hydroxylation is 1. The molecular formula is C19H23N5O2. The van der Waals surface area contributed by atoms with Crippen LogP contribution in [0, 0.1) is 6.92 Å². The van der Waals surface area contributed by atoms with Gasteiger partial charge in [0.15, 0.2) is 0 Å². The van der Waals surface area contributed by atoms with Crippen LogP contribution in [0.25, 0.3) is 11.1 Å². The van der Waals surface area contributed by atoms with Gasteiger partial charge in [0.1, 0.15) is 23.3 Å². The Morgan fingerprint density at radius 1 is 1.35 bits per heavy atom. The number of nitrogens with one attached hydrogen (secondary N) is 1. The maximum absolute atomic E-state index is 5.33. The van der Waals surface area contributed by atoms with Gasteiger partial charge in [-0.3, -0.25) is 4.90 Å². The van der Waals surface area contributed by atoms with Gasteiger partial charge in [0.05, 0.1) is 12.8 Å². The Morgan fingerprint density at radius 3 is 3.15 bits per heavy atom. The smallest absolute Gasteiger partial charge is 0.263 e. The van der Waals surface area contributed by atoms with Crippen molar-refractivity contribution in [2.24, 2.45) is 0 Å². The summed E-state index contributed by atoms with van der Waals surface area (Å²) in [6.07, 6.45) is 3.79. The highest BCUT2D eigenvalue weighted by atomic mass is 16.5. The number of hydrogen-bond acceptors (Lipinski definition) is 7. The molecule has 0 spiro atoms. The van der Waals surface area contributed by atoms with E-state index in [0.29, 0.717) is 11.8 Å². The van der Waals surface area contributed by atoms with Gasteiger partial charge in [-0.15, -0.1) is 0 Å². The lowest BCUT2D eigenvalue weighted by atomic mass is 10.0. The number of aromatic nitrogens is 3. The first-order chi connectivity index (χ1) is 12.7. The number of rotatable bonds is 5. The fourth-order valence-corrected chi connectivity index (χ4v) is 3.57. The molecule has 1 aliphatic heterocycles. The first kappa shape index (κ1) is 16.8. The van der Waals surface area contributed by atoms with E-state index >= 15 is 0 Å². The third kappa shape index (κ3) is 3.48. The van der Waals surface area contributed by atoms with Gasteiger partial charge in [-0.25, -0.2) is 4.98 Å². The van der Waals surface area contributed by atoms with Crippen molar-refractivity contribution in [3.8, 4) is 5.75 Å². The predicted molar refractivity (Wildman–Crippen MR) is 99.3 cm³/mol. The first-order valence-corrected chi connectivity index (χ1v) is 8.92. The van der Waals surface area contributed by atoms with E-state index in [0.717, 1.165) is 55.1 Å². The number of methoxy groups -OCH3 is 1. The van der Waals surface area contributed by atoms with Crippen LogP contribution in [0.4, 0.5) is 5.82 Å². The summed E-state index contributed by atoms with van der Waals surface area (Å²) in [7, 11) is 1.70. The first-order valence-electron chi connectivity index (χ1n) is 8.92. The molecule has 26 heavy (non-hydrogen) atoms. The summed E-state index contributed by atoms with van der Waals surface area (Å²) in [6, 6.07) is 8.60. The Labute approximate surface area is 152 Å². The van der Waals surface area contributed by atoms with Gasteiger partial charge >= 0.3 is 0 Å². The molecule has 0 unspecified atom stereocenters. The molecule has 0 amide bonds. The van der Waals surface area contributed by atoms with E-state index in [9.17, 15) is 0 Å². The lowest BCUT2D eigenvalue weighted by Gasteiger charge is -2.33. The third-order valence-electron chi connectivity index (χ3n) is 4.83. The zero-order chi connectivity index (χ0) is 17.9. The molecule has 3 heterocycles. The van der Waals surface area contributed by atoms with Crippen molar-refractivity contribution in [2.75, 3.05) is 25.5 Å². The van der Waals surface area contributed by atoms with Gasteiger partial charge in [0, 0.05) is 19.1 Å². The van der Waals surface area contributed by atoms with E-state index in [4.69, 9.17) is 9.26 Å². The van der Waals surface area contributed by atoms with E-state index in [2.05, 4.69) is 37.5 Å². The number of nitrogens with zero attached hydrogens (tertiary/aromatic N) is 4. The van der Waals surface area contributed by atoms with Gasteiger partial charge in [0.25, 0.3) is 5.71 Å². The number of anilines is 1. The highest BCUT2D eigenvalue weighted by molar-refractivity contribution is 5.87. The molecule has 136 valence electrons. The molecule has 1 aliphatic rings. The molecule has 4 rings (SSSR count). The second-order valence-corrected chi connectivity index (χ2v) is 6.74. The quantitative estimate of drug-likeness (QED) is 0.755. The fourth-order valence-electron chi connectivity index (χ4n) is 3.57. The van der Waals surface area contributed by atoms with Gasteiger partial charge in [-0.05, 0) is 44.0 Å². The summed E-state index contributed by atoms with van der Waals surface area (Å²) in [5.74, 6) is 1.71. The Kier molecular flexibility index (Phi) is 4.71. The topological polar surface area (TPSA) is 76.3 Å². The molecule has 7 nitrogen and oxygen atoms in total. The molecule has 1 saturated heterocycles. The second-order valence-electron chi connectivity index (χ2n) is 6.74. The number of hydrogen-bond donors (Lipinski definition) is 1. The van der Waals surface area contributed by atoms with E-state index in [1.54, 1.807) is 7.11 Å². The zero-order valence-corrected chi connectivity index (χ0v) is 15.1. The molecule has 2 aromatic heterocycles. The van der Waals surface area contributed by atoms with Crippen molar-refractivity contribution in [3.63, 3.8) is 0 Å². The van der Waals surface area contributed by atoms with Crippen molar-refractivity contribution in [2.45, 2.75) is 32.4 Å². The molecule has 1 fully saturated rings. The van der Waals surface area contributed by atoms with Crippen molar-refractivity contribution in [3.05, 3.63) is 41.9 Å². The number of benzene rings is 1. The number of ether oxygens (including phenoxy) is 1. The lowest BCUT2D eigenvalue weighted by molar-refractivity contribution is 0.208. The van der Waals surface area contributed by atoms with Gasteiger partial charge < -0.3 is 14.6 Å². The summed E-state index contributed by atoms with van der Waals surface area (Å²) >= 11 is 0. The van der Waals surface area contributed by atoms with Crippen molar-refractivity contribution < 1.29 is 9.26 Å². The van der Waals surface area contributed by atoms with Crippen molar-refractivity contribution in [1.82, 2.24) is 20.0 Å². The highest BCUT2D eigenvalue weighted by Gasteiger charge is 2.22. The van der Waals surface area contributed by atoms with Crippen LogP contribution in [0.5, 0.6) is 5.75 Å². The number of likely N-dealkylation sites (tertiary alicyclic amines) is 1. The molecule has 1 N–H and O–H groups in total. The van der Waals surface area contributed by atoms with E-state index in [-0.39, 0.29) is 0 Å². The van der Waals surface area contributed by atoms with Crippen LogP contribution in [0.2, 0.25) is 0 Å². The standard InChI is InChI=1S/C19H23N5O2/c1-13-17-18(20-12-21-19(17)26-23-13)22-15-6-4-8-24(11-15)10-14-5-3-7-16(9-14)25-2/h3,5,7,9,12,15H,4,6,8,10-11H2,1-2H3,(H,20,21,22)/t15-/m0/s1. The molecule has 0 saturated carbocycles. The molecule has 7 heteroatoms. The van der Waals surface area contributed by atoms with E-state index in [1.165, 1.54) is 11.9 Å². The van der Waals surface area contributed by atoms with E-state index in [1.807, 2.05) is 19.1 Å². The second kappa shape index (κ2) is 7.29. The maximum atomic E-state index is 5.33. The molecule has 3 aromatic rings. The summed E-state index contributed by atoms with van der Waals surface area (Å²) in [5.41, 5.74) is 2.61. The van der Waals surface area contributed by atoms with Crippen LogP contribution in [0.1, 0.15) is 24.1 Å². The molecule has 0 bridgehead atoms. The number of fused-ring (bicyclic) bond motifs is 1. The largest absolute Gasteiger partial charge is 0.497 e. The van der Waals surface area contributed by atoms with Crippen LogP contribution in [-0.4, -0.2) is 46.3 Å². The van der Waals surface area contributed by atoms with Crippen LogP contribution < -0.4 is 10.1 Å². The summed E-state index contributed by atoms with van der Waals surface area (Å²) in [6.45, 7) is 4.89. The van der Waals surface area contributed by atoms with Gasteiger partial charge in [-0.1, -0.05) is 17.3 Å². The predicted octanol–water partition coefficient (Wildman–Crippen LogP) is 3.01. The van der Waals surface area contributed by atoms with Crippen molar-refractivity contribution in [1.29, 1.82) is 0 Å². The summed E-state index contributed by atoms with van der Waals surface area (Å²) < 4.78 is 10.6. The minimum Gasteiger partial charge on any atom is -0.497 e. The monoisotopic (exact) mass is 353 g/mol. The zero-order valence-electron chi connectivity index (χ0n) is 15.1.